The first-order chi connectivity index (χ1) is 12.3. The first kappa shape index (κ1) is 14.8. The second-order valence-electron chi connectivity index (χ2n) is 6.89. The molecular formula is C22H21NO2. The van der Waals surface area contributed by atoms with Crippen LogP contribution in [0, 0.1) is 5.92 Å². The number of nitrogens with one attached hydrogen (secondary N) is 1. The summed E-state index contributed by atoms with van der Waals surface area (Å²) in [6.07, 6.45) is 1.26. The van der Waals surface area contributed by atoms with Gasteiger partial charge in [-0.15, -0.1) is 0 Å². The fraction of sp³-hybridized carbons (Fsp3) is 0.273. The van der Waals surface area contributed by atoms with Crippen LogP contribution in [0.2, 0.25) is 0 Å². The number of anilines is 1. The Kier molecular flexibility index (Phi) is 3.42. The van der Waals surface area contributed by atoms with Crippen LogP contribution in [0.4, 0.5) is 5.69 Å². The molecule has 0 spiro atoms. The molecule has 1 N–H and O–H groups in total. The highest BCUT2D eigenvalue weighted by molar-refractivity contribution is 5.96. The highest BCUT2D eigenvalue weighted by atomic mass is 16.5. The van der Waals surface area contributed by atoms with Crippen molar-refractivity contribution < 1.29 is 9.47 Å². The summed E-state index contributed by atoms with van der Waals surface area (Å²) < 4.78 is 11.5. The average molecular weight is 331 g/mol. The second-order valence-corrected chi connectivity index (χ2v) is 6.89. The molecule has 2 aliphatic rings. The zero-order valence-corrected chi connectivity index (χ0v) is 14.2. The molecule has 0 amide bonds. The maximum absolute atomic E-state index is 6.16. The van der Waals surface area contributed by atoms with Crippen LogP contribution < -0.4 is 10.1 Å². The lowest BCUT2D eigenvalue weighted by Crippen LogP contribution is -2.29. The van der Waals surface area contributed by atoms with Crippen molar-refractivity contribution in [1.82, 2.24) is 0 Å². The lowest BCUT2D eigenvalue weighted by atomic mass is 9.80. The Morgan fingerprint density at radius 1 is 1.00 bits per heavy atom. The summed E-state index contributed by atoms with van der Waals surface area (Å²) in [5.74, 6) is 1.35. The van der Waals surface area contributed by atoms with Crippen LogP contribution in [0.3, 0.4) is 0 Å². The highest BCUT2D eigenvalue weighted by Crippen LogP contribution is 2.51. The van der Waals surface area contributed by atoms with Crippen LogP contribution in [0.1, 0.15) is 29.7 Å². The minimum absolute atomic E-state index is 0.174. The van der Waals surface area contributed by atoms with Gasteiger partial charge in [-0.1, -0.05) is 48.5 Å². The van der Waals surface area contributed by atoms with Crippen molar-refractivity contribution in [2.45, 2.75) is 18.6 Å². The van der Waals surface area contributed by atoms with Gasteiger partial charge < -0.3 is 14.8 Å². The van der Waals surface area contributed by atoms with Gasteiger partial charge in [-0.2, -0.15) is 0 Å². The number of methoxy groups -OCH3 is 1. The molecule has 1 fully saturated rings. The van der Waals surface area contributed by atoms with E-state index in [1.54, 1.807) is 7.11 Å². The molecule has 0 aromatic heterocycles. The van der Waals surface area contributed by atoms with Gasteiger partial charge in [-0.05, 0) is 29.5 Å². The van der Waals surface area contributed by atoms with Crippen molar-refractivity contribution >= 4 is 16.5 Å². The number of hydrogen-bond acceptors (Lipinski definition) is 3. The van der Waals surface area contributed by atoms with E-state index in [2.05, 4.69) is 53.8 Å². The summed E-state index contributed by atoms with van der Waals surface area (Å²) in [7, 11) is 1.71. The lowest BCUT2D eigenvalue weighted by Gasteiger charge is -2.37. The summed E-state index contributed by atoms with van der Waals surface area (Å²) >= 11 is 0. The lowest BCUT2D eigenvalue weighted by molar-refractivity contribution is 0.0831. The second kappa shape index (κ2) is 5.78. The third-order valence-corrected chi connectivity index (χ3v) is 5.61. The van der Waals surface area contributed by atoms with Crippen LogP contribution in [0.5, 0.6) is 5.75 Å². The van der Waals surface area contributed by atoms with Gasteiger partial charge in [0, 0.05) is 29.2 Å². The van der Waals surface area contributed by atoms with Gasteiger partial charge >= 0.3 is 0 Å². The third-order valence-electron chi connectivity index (χ3n) is 5.61. The van der Waals surface area contributed by atoms with Crippen molar-refractivity contribution in [3.8, 4) is 5.75 Å². The van der Waals surface area contributed by atoms with E-state index in [1.165, 1.54) is 27.6 Å². The van der Waals surface area contributed by atoms with Gasteiger partial charge in [0.05, 0.1) is 19.3 Å². The molecule has 25 heavy (non-hydrogen) atoms. The standard InChI is InChI=1S/C22H21NO2/c1-24-16-9-6-15(7-10-16)20-19-12-13-25-22(19)18-11-8-14-4-2-3-5-17(14)21(18)23-20/h2-11,19-20,22-23H,12-13H2,1H3/t19-,20-,22+/m0/s1. The topological polar surface area (TPSA) is 30.5 Å². The number of ether oxygens (including phenoxy) is 2. The summed E-state index contributed by atoms with van der Waals surface area (Å²) in [5, 5.41) is 6.38. The molecule has 3 nitrogen and oxygen atoms in total. The molecule has 0 aliphatic carbocycles. The maximum atomic E-state index is 6.16. The largest absolute Gasteiger partial charge is 0.497 e. The van der Waals surface area contributed by atoms with E-state index in [4.69, 9.17) is 9.47 Å². The Hall–Kier alpha value is -2.52. The van der Waals surface area contributed by atoms with E-state index < -0.39 is 0 Å². The number of benzene rings is 3. The van der Waals surface area contributed by atoms with Crippen molar-refractivity contribution in [2.75, 3.05) is 19.0 Å². The smallest absolute Gasteiger partial charge is 0.118 e. The maximum Gasteiger partial charge on any atom is 0.118 e. The van der Waals surface area contributed by atoms with E-state index in [0.29, 0.717) is 5.92 Å². The van der Waals surface area contributed by atoms with E-state index in [1.807, 2.05) is 12.1 Å². The molecule has 0 unspecified atom stereocenters. The Morgan fingerprint density at radius 2 is 1.84 bits per heavy atom. The molecule has 0 bridgehead atoms. The Morgan fingerprint density at radius 3 is 2.68 bits per heavy atom. The number of hydrogen-bond donors (Lipinski definition) is 1. The molecular weight excluding hydrogens is 310 g/mol. The van der Waals surface area contributed by atoms with Crippen molar-refractivity contribution in [3.05, 3.63) is 71.8 Å². The van der Waals surface area contributed by atoms with Crippen LogP contribution in [0.25, 0.3) is 10.8 Å². The van der Waals surface area contributed by atoms with Crippen LogP contribution in [-0.4, -0.2) is 13.7 Å². The third kappa shape index (κ3) is 2.30. The summed E-state index contributed by atoms with van der Waals surface area (Å²) in [5.41, 5.74) is 3.81. The molecule has 1 saturated heterocycles. The number of rotatable bonds is 2. The molecule has 2 aliphatic heterocycles. The molecule has 0 saturated carbocycles. The monoisotopic (exact) mass is 331 g/mol. The van der Waals surface area contributed by atoms with Gasteiger partial charge in [-0.3, -0.25) is 0 Å². The molecule has 0 radical (unpaired) electrons. The van der Waals surface area contributed by atoms with Gasteiger partial charge in [0.25, 0.3) is 0 Å². The quantitative estimate of drug-likeness (QED) is 0.709. The fourth-order valence-electron chi connectivity index (χ4n) is 4.36. The Labute approximate surface area is 147 Å². The summed E-state index contributed by atoms with van der Waals surface area (Å²) in [6, 6.07) is 21.7. The number of fused-ring (bicyclic) bond motifs is 5. The molecule has 3 heteroatoms. The molecule has 126 valence electrons. The van der Waals surface area contributed by atoms with Crippen LogP contribution in [0.15, 0.2) is 60.7 Å². The van der Waals surface area contributed by atoms with Gasteiger partial charge in [0.1, 0.15) is 5.75 Å². The predicted octanol–water partition coefficient (Wildman–Crippen LogP) is 5.09. The van der Waals surface area contributed by atoms with Crippen molar-refractivity contribution in [1.29, 1.82) is 0 Å². The summed E-state index contributed by atoms with van der Waals surface area (Å²) in [6.45, 7) is 0.829. The minimum Gasteiger partial charge on any atom is -0.497 e. The molecule has 3 aromatic rings. The van der Waals surface area contributed by atoms with E-state index in [0.717, 1.165) is 18.8 Å². The van der Waals surface area contributed by atoms with E-state index in [-0.39, 0.29) is 12.1 Å². The van der Waals surface area contributed by atoms with Gasteiger partial charge in [-0.25, -0.2) is 0 Å². The summed E-state index contributed by atoms with van der Waals surface area (Å²) in [4.78, 5) is 0. The fourth-order valence-corrected chi connectivity index (χ4v) is 4.36. The average Bonchev–Trinajstić information content (AvgIpc) is 3.17. The molecule has 2 heterocycles. The van der Waals surface area contributed by atoms with Gasteiger partial charge in [0.2, 0.25) is 0 Å². The minimum atomic E-state index is 0.174. The van der Waals surface area contributed by atoms with Crippen molar-refractivity contribution in [2.24, 2.45) is 5.92 Å². The Balaban J connectivity index is 1.64. The van der Waals surface area contributed by atoms with Crippen molar-refractivity contribution in [3.63, 3.8) is 0 Å². The molecule has 5 rings (SSSR count). The zero-order chi connectivity index (χ0) is 16.8. The zero-order valence-electron chi connectivity index (χ0n) is 14.2. The normalized spacial score (nSPS) is 24.4. The van der Waals surface area contributed by atoms with Gasteiger partial charge in [0.15, 0.2) is 0 Å². The van der Waals surface area contributed by atoms with Crippen LogP contribution >= 0.6 is 0 Å². The van der Waals surface area contributed by atoms with E-state index >= 15 is 0 Å². The van der Waals surface area contributed by atoms with Crippen LogP contribution in [-0.2, 0) is 4.74 Å². The molecule has 3 atom stereocenters. The molecule has 3 aromatic carbocycles. The SMILES string of the molecule is COc1ccc([C@@H]2Nc3c(ccc4ccccc34)[C@H]3OCC[C@H]32)cc1. The van der Waals surface area contributed by atoms with E-state index in [9.17, 15) is 0 Å². The highest BCUT2D eigenvalue weighted by Gasteiger charge is 2.41. The first-order valence-corrected chi connectivity index (χ1v) is 8.89. The predicted molar refractivity (Wildman–Crippen MR) is 100 cm³/mol. The first-order valence-electron chi connectivity index (χ1n) is 8.89. The Bertz CT molecular complexity index is 919.